The summed E-state index contributed by atoms with van der Waals surface area (Å²) in [5.41, 5.74) is 2.38. The van der Waals surface area contributed by atoms with Gasteiger partial charge in [0, 0.05) is 0 Å². The highest BCUT2D eigenvalue weighted by atomic mass is 19.1. The number of hydrogen-bond donors (Lipinski definition) is 0. The molecule has 0 rings (SSSR count). The molecule has 1 unspecified atom stereocenters. The van der Waals surface area contributed by atoms with E-state index in [1.807, 2.05) is 13.0 Å². The second-order valence-corrected chi connectivity index (χ2v) is 4.36. The zero-order valence-electron chi connectivity index (χ0n) is 10.4. The summed E-state index contributed by atoms with van der Waals surface area (Å²) in [6, 6.07) is 0. The van der Waals surface area contributed by atoms with Gasteiger partial charge in [0.25, 0.3) is 0 Å². The number of allylic oxidation sites excluding steroid dienone is 6. The average molecular weight is 210 g/mol. The highest BCUT2D eigenvalue weighted by Gasteiger charge is 1.96. The molecule has 0 saturated heterocycles. The maximum Gasteiger partial charge on any atom is 0.108 e. The van der Waals surface area contributed by atoms with Gasteiger partial charge in [0.1, 0.15) is 6.67 Å². The number of rotatable bonds is 6. The van der Waals surface area contributed by atoms with Crippen LogP contribution >= 0.6 is 0 Å². The predicted octanol–water partition coefficient (Wildman–Crippen LogP) is 4.84. The van der Waals surface area contributed by atoms with E-state index >= 15 is 0 Å². The zero-order chi connectivity index (χ0) is 11.7. The molecule has 0 aliphatic heterocycles. The number of alkyl halides is 1. The second kappa shape index (κ2) is 8.46. The van der Waals surface area contributed by atoms with Crippen molar-refractivity contribution in [2.75, 3.05) is 6.67 Å². The van der Waals surface area contributed by atoms with Gasteiger partial charge in [-0.05, 0) is 39.5 Å². The Morgan fingerprint density at radius 2 is 1.80 bits per heavy atom. The summed E-state index contributed by atoms with van der Waals surface area (Å²) in [4.78, 5) is 0. The molecule has 0 N–H and O–H groups in total. The van der Waals surface area contributed by atoms with Gasteiger partial charge >= 0.3 is 0 Å². The van der Waals surface area contributed by atoms with Crippen molar-refractivity contribution in [3.8, 4) is 0 Å². The highest BCUT2D eigenvalue weighted by molar-refractivity contribution is 5.15. The van der Waals surface area contributed by atoms with Crippen LogP contribution in [-0.2, 0) is 0 Å². The minimum Gasteiger partial charge on any atom is -0.247 e. The summed E-state index contributed by atoms with van der Waals surface area (Å²) in [7, 11) is 0. The first-order valence-corrected chi connectivity index (χ1v) is 5.59. The molecule has 0 saturated carbocycles. The molecule has 1 atom stereocenters. The maximum absolute atomic E-state index is 11.9. The fourth-order valence-electron chi connectivity index (χ4n) is 1.21. The SMILES string of the molecule is CC(C)=CCC(C)CC=CC(C)=CCF. The number of halogens is 1. The van der Waals surface area contributed by atoms with Gasteiger partial charge in [-0.2, -0.15) is 0 Å². The highest BCUT2D eigenvalue weighted by Crippen LogP contribution is 2.11. The van der Waals surface area contributed by atoms with Crippen LogP contribution in [0.2, 0.25) is 0 Å². The van der Waals surface area contributed by atoms with E-state index in [1.165, 1.54) is 5.57 Å². The Hall–Kier alpha value is -0.850. The van der Waals surface area contributed by atoms with Gasteiger partial charge in [-0.1, -0.05) is 42.4 Å². The van der Waals surface area contributed by atoms with Gasteiger partial charge < -0.3 is 0 Å². The van der Waals surface area contributed by atoms with Gasteiger partial charge in [0.2, 0.25) is 0 Å². The third kappa shape index (κ3) is 9.45. The lowest BCUT2D eigenvalue weighted by Gasteiger charge is -2.04. The molecule has 0 nitrogen and oxygen atoms in total. The van der Waals surface area contributed by atoms with Gasteiger partial charge in [-0.15, -0.1) is 0 Å². The minimum absolute atomic E-state index is 0.372. The van der Waals surface area contributed by atoms with E-state index < -0.39 is 0 Å². The molecule has 0 aliphatic carbocycles. The molecule has 0 bridgehead atoms. The molecule has 86 valence electrons. The minimum atomic E-state index is -0.372. The summed E-state index contributed by atoms with van der Waals surface area (Å²) in [6.07, 6.45) is 10.2. The summed E-state index contributed by atoms with van der Waals surface area (Å²) >= 11 is 0. The van der Waals surface area contributed by atoms with Crippen LogP contribution in [0.1, 0.15) is 40.5 Å². The molecule has 0 spiro atoms. The lowest BCUT2D eigenvalue weighted by molar-refractivity contribution is 0.560. The fourth-order valence-corrected chi connectivity index (χ4v) is 1.21. The third-order valence-electron chi connectivity index (χ3n) is 2.25. The molecule has 0 aromatic heterocycles. The van der Waals surface area contributed by atoms with Crippen molar-refractivity contribution in [3.05, 3.63) is 35.5 Å². The molecule has 15 heavy (non-hydrogen) atoms. The van der Waals surface area contributed by atoms with Crippen LogP contribution in [0.3, 0.4) is 0 Å². The van der Waals surface area contributed by atoms with Crippen molar-refractivity contribution in [3.63, 3.8) is 0 Å². The van der Waals surface area contributed by atoms with E-state index in [4.69, 9.17) is 0 Å². The maximum atomic E-state index is 11.9. The van der Waals surface area contributed by atoms with Crippen molar-refractivity contribution < 1.29 is 4.39 Å². The van der Waals surface area contributed by atoms with Crippen LogP contribution in [0, 0.1) is 5.92 Å². The Bertz CT molecular complexity index is 242. The van der Waals surface area contributed by atoms with Crippen LogP contribution in [0.4, 0.5) is 4.39 Å². The van der Waals surface area contributed by atoms with Crippen LogP contribution in [0.15, 0.2) is 35.5 Å². The normalized spacial score (nSPS) is 14.3. The monoisotopic (exact) mass is 210 g/mol. The summed E-state index contributed by atoms with van der Waals surface area (Å²) in [5, 5.41) is 0. The fraction of sp³-hybridized carbons (Fsp3) is 0.571. The Morgan fingerprint density at radius 1 is 1.13 bits per heavy atom. The molecule has 0 aliphatic rings. The van der Waals surface area contributed by atoms with Crippen molar-refractivity contribution in [2.45, 2.75) is 40.5 Å². The van der Waals surface area contributed by atoms with Crippen molar-refractivity contribution in [1.29, 1.82) is 0 Å². The van der Waals surface area contributed by atoms with E-state index in [0.29, 0.717) is 5.92 Å². The van der Waals surface area contributed by atoms with Crippen LogP contribution in [0.5, 0.6) is 0 Å². The second-order valence-electron chi connectivity index (χ2n) is 4.36. The number of hydrogen-bond acceptors (Lipinski definition) is 0. The first-order valence-electron chi connectivity index (χ1n) is 5.59. The van der Waals surface area contributed by atoms with Gasteiger partial charge in [-0.3, -0.25) is 0 Å². The molecule has 0 aromatic rings. The standard InChI is InChI=1S/C14H23F/c1-12(2)8-9-13(3)6-5-7-14(4)10-11-15/h5,7-8,10,13H,6,9,11H2,1-4H3. The molecule has 0 radical (unpaired) electrons. The summed E-state index contributed by atoms with van der Waals surface area (Å²) in [6.45, 7) is 8.03. The molecular formula is C14H23F. The van der Waals surface area contributed by atoms with Crippen LogP contribution in [-0.4, -0.2) is 6.67 Å². The van der Waals surface area contributed by atoms with Crippen molar-refractivity contribution >= 4 is 0 Å². The van der Waals surface area contributed by atoms with Gasteiger partial charge in [-0.25, -0.2) is 4.39 Å². The smallest absolute Gasteiger partial charge is 0.108 e. The molecule has 0 amide bonds. The van der Waals surface area contributed by atoms with Gasteiger partial charge in [0.15, 0.2) is 0 Å². The van der Waals surface area contributed by atoms with E-state index in [9.17, 15) is 4.39 Å². The lowest BCUT2D eigenvalue weighted by Crippen LogP contribution is -1.90. The molecule has 0 heterocycles. The average Bonchev–Trinajstić information content (AvgIpc) is 2.15. The lowest BCUT2D eigenvalue weighted by atomic mass is 10.0. The van der Waals surface area contributed by atoms with Crippen LogP contribution in [0.25, 0.3) is 0 Å². The van der Waals surface area contributed by atoms with Crippen molar-refractivity contribution in [1.82, 2.24) is 0 Å². The topological polar surface area (TPSA) is 0 Å². The van der Waals surface area contributed by atoms with E-state index in [2.05, 4.69) is 32.9 Å². The predicted molar refractivity (Wildman–Crippen MR) is 66.7 cm³/mol. The van der Waals surface area contributed by atoms with E-state index in [-0.39, 0.29) is 6.67 Å². The Labute approximate surface area is 93.6 Å². The molecular weight excluding hydrogens is 187 g/mol. The quantitative estimate of drug-likeness (QED) is 0.434. The first-order chi connectivity index (χ1) is 7.06. The summed E-state index contributed by atoms with van der Waals surface area (Å²) in [5.74, 6) is 0.661. The van der Waals surface area contributed by atoms with E-state index in [0.717, 1.165) is 18.4 Å². The Kier molecular flexibility index (Phi) is 7.98. The van der Waals surface area contributed by atoms with Crippen molar-refractivity contribution in [2.24, 2.45) is 5.92 Å². The Balaban J connectivity index is 3.85. The molecule has 1 heteroatoms. The zero-order valence-corrected chi connectivity index (χ0v) is 10.4. The third-order valence-corrected chi connectivity index (χ3v) is 2.25. The Morgan fingerprint density at radius 3 is 2.33 bits per heavy atom. The molecule has 0 aromatic carbocycles. The van der Waals surface area contributed by atoms with E-state index in [1.54, 1.807) is 6.08 Å². The first kappa shape index (κ1) is 14.2. The molecule has 0 fully saturated rings. The largest absolute Gasteiger partial charge is 0.247 e. The summed E-state index contributed by atoms with van der Waals surface area (Å²) < 4.78 is 11.9. The van der Waals surface area contributed by atoms with Gasteiger partial charge in [0.05, 0.1) is 0 Å². The van der Waals surface area contributed by atoms with Crippen LogP contribution < -0.4 is 0 Å².